The Hall–Kier alpha value is -1.82. The van der Waals surface area contributed by atoms with E-state index in [1.807, 2.05) is 38.1 Å². The third kappa shape index (κ3) is 5.09. The van der Waals surface area contributed by atoms with Crippen LogP contribution in [0.25, 0.3) is 6.08 Å². The molecule has 0 atom stereocenters. The summed E-state index contributed by atoms with van der Waals surface area (Å²) in [6.45, 7) is 5.49. The monoisotopic (exact) mass is 368 g/mol. The van der Waals surface area contributed by atoms with Gasteiger partial charge < -0.3 is 10.6 Å². The fourth-order valence-electron chi connectivity index (χ4n) is 2.23. The molecule has 2 rings (SSSR count). The molecule has 2 N–H and O–H groups in total. The zero-order chi connectivity index (χ0) is 16.8. The molecule has 0 saturated heterocycles. The number of amides is 1. The second-order valence-electron chi connectivity index (χ2n) is 5.17. The molecular formula is C17H22Cl2N4O. The van der Waals surface area contributed by atoms with Crippen LogP contribution in [-0.4, -0.2) is 22.2 Å². The van der Waals surface area contributed by atoms with Gasteiger partial charge in [-0.1, -0.05) is 36.7 Å². The molecule has 0 aliphatic rings. The lowest BCUT2D eigenvalue weighted by atomic mass is 10.1. The molecule has 1 aromatic heterocycles. The SMILES string of the molecule is CCNCc1ccccc1NC(=O)C=Cc1c(C)nn(C)c1Cl.Cl. The molecule has 0 spiro atoms. The van der Waals surface area contributed by atoms with Crippen LogP contribution in [0.2, 0.25) is 5.15 Å². The van der Waals surface area contributed by atoms with Crippen molar-refractivity contribution in [3.05, 3.63) is 52.3 Å². The fraction of sp³-hybridized carbons (Fsp3) is 0.294. The van der Waals surface area contributed by atoms with E-state index in [2.05, 4.69) is 15.7 Å². The van der Waals surface area contributed by atoms with E-state index in [0.29, 0.717) is 11.7 Å². The van der Waals surface area contributed by atoms with Crippen molar-refractivity contribution in [2.45, 2.75) is 20.4 Å². The summed E-state index contributed by atoms with van der Waals surface area (Å²) in [5.74, 6) is -0.201. The molecule has 0 aliphatic heterocycles. The van der Waals surface area contributed by atoms with Crippen molar-refractivity contribution in [3.63, 3.8) is 0 Å². The average molecular weight is 369 g/mol. The van der Waals surface area contributed by atoms with Gasteiger partial charge in [0.1, 0.15) is 5.15 Å². The van der Waals surface area contributed by atoms with E-state index < -0.39 is 0 Å². The minimum absolute atomic E-state index is 0. The summed E-state index contributed by atoms with van der Waals surface area (Å²) in [5, 5.41) is 10.9. The molecule has 0 unspecified atom stereocenters. The van der Waals surface area contributed by atoms with E-state index in [1.165, 1.54) is 6.08 Å². The van der Waals surface area contributed by atoms with Crippen LogP contribution in [0.5, 0.6) is 0 Å². The molecule has 5 nitrogen and oxygen atoms in total. The van der Waals surface area contributed by atoms with Crippen molar-refractivity contribution >= 4 is 41.7 Å². The molecule has 0 fully saturated rings. The van der Waals surface area contributed by atoms with Crippen LogP contribution in [0, 0.1) is 6.92 Å². The highest BCUT2D eigenvalue weighted by molar-refractivity contribution is 6.31. The minimum atomic E-state index is -0.201. The number of halogens is 2. The first-order valence-corrected chi connectivity index (χ1v) is 7.87. The Morgan fingerprint density at radius 3 is 2.71 bits per heavy atom. The summed E-state index contributed by atoms with van der Waals surface area (Å²) in [6.07, 6.45) is 3.16. The summed E-state index contributed by atoms with van der Waals surface area (Å²) < 4.78 is 1.58. The summed E-state index contributed by atoms with van der Waals surface area (Å²) in [6, 6.07) is 7.73. The highest BCUT2D eigenvalue weighted by Gasteiger charge is 2.09. The first-order valence-electron chi connectivity index (χ1n) is 7.49. The number of carbonyl (C=O) groups is 1. The van der Waals surface area contributed by atoms with Gasteiger partial charge in [-0.25, -0.2) is 0 Å². The lowest BCUT2D eigenvalue weighted by molar-refractivity contribution is -0.111. The summed E-state index contributed by atoms with van der Waals surface area (Å²) in [7, 11) is 1.77. The van der Waals surface area contributed by atoms with E-state index in [1.54, 1.807) is 17.8 Å². The highest BCUT2D eigenvalue weighted by atomic mass is 35.5. The van der Waals surface area contributed by atoms with E-state index in [4.69, 9.17) is 11.6 Å². The summed E-state index contributed by atoms with van der Waals surface area (Å²) in [4.78, 5) is 12.2. The van der Waals surface area contributed by atoms with E-state index in [0.717, 1.165) is 29.1 Å². The van der Waals surface area contributed by atoms with Gasteiger partial charge in [0.15, 0.2) is 0 Å². The Morgan fingerprint density at radius 2 is 2.08 bits per heavy atom. The Kier molecular flexibility index (Phi) is 7.98. The Balaban J connectivity index is 0.00000288. The van der Waals surface area contributed by atoms with E-state index in [9.17, 15) is 4.79 Å². The molecule has 130 valence electrons. The van der Waals surface area contributed by atoms with Crippen LogP contribution in [0.1, 0.15) is 23.7 Å². The molecule has 2 aromatic rings. The first-order chi connectivity index (χ1) is 11.0. The maximum absolute atomic E-state index is 12.2. The van der Waals surface area contributed by atoms with Crippen LogP contribution in [0.4, 0.5) is 5.69 Å². The minimum Gasteiger partial charge on any atom is -0.322 e. The number of nitrogens with zero attached hydrogens (tertiary/aromatic N) is 2. The Labute approximate surface area is 153 Å². The summed E-state index contributed by atoms with van der Waals surface area (Å²) >= 11 is 6.15. The highest BCUT2D eigenvalue weighted by Crippen LogP contribution is 2.20. The maximum atomic E-state index is 12.2. The predicted molar refractivity (Wildman–Crippen MR) is 102 cm³/mol. The maximum Gasteiger partial charge on any atom is 0.248 e. The molecule has 1 aromatic carbocycles. The molecular weight excluding hydrogens is 347 g/mol. The number of benzene rings is 1. The molecule has 0 aliphatic carbocycles. The molecule has 0 radical (unpaired) electrons. The Bertz CT molecular complexity index is 725. The van der Waals surface area contributed by atoms with Crippen LogP contribution in [0.15, 0.2) is 30.3 Å². The standard InChI is InChI=1S/C17H21ClN4O.ClH/c1-4-19-11-13-7-5-6-8-15(13)20-16(23)10-9-14-12(2)21-22(3)17(14)18;/h5-10,19H,4,11H2,1-3H3,(H,20,23);1H. The van der Waals surface area contributed by atoms with Crippen molar-refractivity contribution in [1.82, 2.24) is 15.1 Å². The lowest BCUT2D eigenvalue weighted by Gasteiger charge is -2.10. The van der Waals surface area contributed by atoms with E-state index >= 15 is 0 Å². The van der Waals surface area contributed by atoms with Gasteiger partial charge in [-0.05, 0) is 31.2 Å². The largest absolute Gasteiger partial charge is 0.322 e. The van der Waals surface area contributed by atoms with Gasteiger partial charge in [0, 0.05) is 30.9 Å². The molecule has 0 saturated carbocycles. The number of hydrogen-bond donors (Lipinski definition) is 2. The van der Waals surface area contributed by atoms with Crippen LogP contribution in [0.3, 0.4) is 0 Å². The quantitative estimate of drug-likeness (QED) is 0.766. The average Bonchev–Trinajstić information content (AvgIpc) is 2.77. The van der Waals surface area contributed by atoms with Crippen molar-refractivity contribution in [3.8, 4) is 0 Å². The molecule has 24 heavy (non-hydrogen) atoms. The van der Waals surface area contributed by atoms with Crippen molar-refractivity contribution < 1.29 is 4.79 Å². The molecule has 0 bridgehead atoms. The second-order valence-corrected chi connectivity index (χ2v) is 5.53. The van der Waals surface area contributed by atoms with Crippen molar-refractivity contribution in [2.24, 2.45) is 7.05 Å². The Morgan fingerprint density at radius 1 is 1.38 bits per heavy atom. The zero-order valence-corrected chi connectivity index (χ0v) is 15.5. The number of nitrogens with one attached hydrogen (secondary N) is 2. The first kappa shape index (κ1) is 20.2. The van der Waals surface area contributed by atoms with Crippen molar-refractivity contribution in [1.29, 1.82) is 0 Å². The number of carbonyl (C=O) groups excluding carboxylic acids is 1. The third-order valence-electron chi connectivity index (χ3n) is 3.44. The topological polar surface area (TPSA) is 58.9 Å². The molecule has 1 heterocycles. The van der Waals surface area contributed by atoms with Gasteiger partial charge in [-0.15, -0.1) is 12.4 Å². The van der Waals surface area contributed by atoms with Crippen LogP contribution >= 0.6 is 24.0 Å². The number of aryl methyl sites for hydroxylation is 2. The number of rotatable bonds is 6. The van der Waals surface area contributed by atoms with Gasteiger partial charge in [0.2, 0.25) is 5.91 Å². The van der Waals surface area contributed by atoms with Crippen LogP contribution < -0.4 is 10.6 Å². The molecule has 1 amide bonds. The third-order valence-corrected chi connectivity index (χ3v) is 3.89. The van der Waals surface area contributed by atoms with Crippen molar-refractivity contribution in [2.75, 3.05) is 11.9 Å². The number of para-hydroxylation sites is 1. The number of hydrogen-bond acceptors (Lipinski definition) is 3. The smallest absolute Gasteiger partial charge is 0.248 e. The van der Waals surface area contributed by atoms with Gasteiger partial charge in [-0.2, -0.15) is 5.10 Å². The number of aromatic nitrogens is 2. The van der Waals surface area contributed by atoms with Gasteiger partial charge in [0.05, 0.1) is 5.69 Å². The van der Waals surface area contributed by atoms with Crippen LogP contribution in [-0.2, 0) is 18.4 Å². The van der Waals surface area contributed by atoms with Gasteiger partial charge >= 0.3 is 0 Å². The summed E-state index contributed by atoms with van der Waals surface area (Å²) in [5.41, 5.74) is 3.39. The normalized spacial score (nSPS) is 10.7. The van der Waals surface area contributed by atoms with Gasteiger partial charge in [0.25, 0.3) is 0 Å². The molecule has 7 heteroatoms. The lowest BCUT2D eigenvalue weighted by Crippen LogP contribution is -2.15. The number of anilines is 1. The predicted octanol–water partition coefficient (Wildman–Crippen LogP) is 3.57. The van der Waals surface area contributed by atoms with Gasteiger partial charge in [-0.3, -0.25) is 9.48 Å². The zero-order valence-electron chi connectivity index (χ0n) is 14.0. The fourth-order valence-corrected chi connectivity index (χ4v) is 2.46. The second kappa shape index (κ2) is 9.47. The van der Waals surface area contributed by atoms with E-state index in [-0.39, 0.29) is 18.3 Å².